The lowest BCUT2D eigenvalue weighted by molar-refractivity contribution is 0.0642. The van der Waals surface area contributed by atoms with E-state index in [1.165, 1.54) is 37.0 Å². The smallest absolute Gasteiger partial charge is 0.251 e. The van der Waals surface area contributed by atoms with Gasteiger partial charge >= 0.3 is 0 Å². The van der Waals surface area contributed by atoms with E-state index < -0.39 is 0 Å². The zero-order valence-electron chi connectivity index (χ0n) is 29.7. The monoisotopic (exact) mass is 695 g/mol. The second-order valence-corrected chi connectivity index (χ2v) is 12.1. The van der Waals surface area contributed by atoms with Gasteiger partial charge in [0.15, 0.2) is 0 Å². The number of aromatic hydroxyl groups is 1. The van der Waals surface area contributed by atoms with Gasteiger partial charge < -0.3 is 36.3 Å². The zero-order valence-corrected chi connectivity index (χ0v) is 30.7. The topological polar surface area (TPSA) is 208 Å². The molecule has 1 unspecified atom stereocenters. The highest BCUT2D eigenvalue weighted by Gasteiger charge is 2.15. The SMILES string of the molecule is C=C(N)/N=C\C(=C/N)c1ccc(C#N)c(O)c1.CCCN(C)/C=N\N=N.CCPC.COc1ccc(C(=O)NCC2CCOCC2)cc1C. The van der Waals surface area contributed by atoms with Gasteiger partial charge in [-0.25, -0.2) is 4.99 Å². The van der Waals surface area contributed by atoms with Gasteiger partial charge in [0.25, 0.3) is 5.91 Å². The third-order valence-corrected chi connectivity index (χ3v) is 7.49. The average Bonchev–Trinajstić information content (AvgIpc) is 3.11. The number of phenols is 1. The van der Waals surface area contributed by atoms with Crippen molar-refractivity contribution in [3.05, 3.63) is 77.3 Å². The van der Waals surface area contributed by atoms with Gasteiger partial charge in [-0.2, -0.15) is 10.8 Å². The number of nitrogens with two attached hydrogens (primary N) is 2. The number of hydrogen-bond donors (Lipinski definition) is 5. The lowest BCUT2D eigenvalue weighted by atomic mass is 10.0. The fourth-order valence-electron chi connectivity index (χ4n) is 4.01. The number of nitrogens with one attached hydrogen (secondary N) is 2. The molecular weight excluding hydrogens is 641 g/mol. The summed E-state index contributed by atoms with van der Waals surface area (Å²) in [4.78, 5) is 17.8. The molecule has 2 aromatic rings. The van der Waals surface area contributed by atoms with Crippen molar-refractivity contribution in [2.75, 3.05) is 53.3 Å². The van der Waals surface area contributed by atoms with Crippen LogP contribution in [-0.4, -0.2) is 81.8 Å². The van der Waals surface area contributed by atoms with E-state index in [4.69, 9.17) is 31.7 Å². The maximum absolute atomic E-state index is 12.1. The highest BCUT2D eigenvalue weighted by Crippen LogP contribution is 2.22. The number of aryl methyl sites for hydroxylation is 1. The Kier molecular flexibility index (Phi) is 24.5. The van der Waals surface area contributed by atoms with Crippen molar-refractivity contribution in [3.63, 3.8) is 0 Å². The Hall–Kier alpha value is -4.79. The molecule has 14 heteroatoms. The lowest BCUT2D eigenvalue weighted by Gasteiger charge is -2.22. The van der Waals surface area contributed by atoms with Crippen LogP contribution in [0.1, 0.15) is 60.2 Å². The number of carbonyl (C=O) groups excluding carboxylic acids is 1. The summed E-state index contributed by atoms with van der Waals surface area (Å²) in [6, 6.07) is 11.9. The van der Waals surface area contributed by atoms with Crippen LogP contribution in [0.25, 0.3) is 5.57 Å². The van der Waals surface area contributed by atoms with E-state index in [0.717, 1.165) is 65.5 Å². The number of carbonyl (C=O) groups is 1. The van der Waals surface area contributed by atoms with Crippen molar-refractivity contribution in [2.45, 2.75) is 40.0 Å². The fraction of sp³-hybridized carbons (Fsp3) is 0.429. The third kappa shape index (κ3) is 19.6. The lowest BCUT2D eigenvalue weighted by Crippen LogP contribution is -2.32. The normalized spacial score (nSPS) is 12.9. The van der Waals surface area contributed by atoms with Crippen LogP contribution in [0.5, 0.6) is 11.5 Å². The Bertz CT molecular complexity index is 1420. The second kappa shape index (κ2) is 27.2. The summed E-state index contributed by atoms with van der Waals surface area (Å²) in [5.74, 6) is 1.38. The van der Waals surface area contributed by atoms with Crippen molar-refractivity contribution in [3.8, 4) is 17.6 Å². The summed E-state index contributed by atoms with van der Waals surface area (Å²) in [7, 11) is 4.67. The average molecular weight is 696 g/mol. The van der Waals surface area contributed by atoms with Gasteiger partial charge in [0.1, 0.15) is 29.7 Å². The van der Waals surface area contributed by atoms with E-state index >= 15 is 0 Å². The molecule has 0 spiro atoms. The zero-order chi connectivity index (χ0) is 37.0. The van der Waals surface area contributed by atoms with Crippen molar-refractivity contribution in [1.29, 1.82) is 10.8 Å². The first-order valence-electron chi connectivity index (χ1n) is 15.9. The Labute approximate surface area is 293 Å². The number of amides is 1. The van der Waals surface area contributed by atoms with Crippen molar-refractivity contribution in [1.82, 2.24) is 10.2 Å². The maximum Gasteiger partial charge on any atom is 0.251 e. The third-order valence-electron chi connectivity index (χ3n) is 6.79. The van der Waals surface area contributed by atoms with E-state index in [1.54, 1.807) is 19.2 Å². The molecule has 0 radical (unpaired) electrons. The summed E-state index contributed by atoms with van der Waals surface area (Å²) in [5.41, 5.74) is 20.1. The minimum Gasteiger partial charge on any atom is -0.507 e. The van der Waals surface area contributed by atoms with E-state index in [1.807, 2.05) is 37.1 Å². The Balaban J connectivity index is 0.000000703. The molecule has 3 rings (SSSR count). The molecule has 1 aliphatic rings. The number of allylic oxidation sites excluding steroid dienone is 1. The molecule has 268 valence electrons. The van der Waals surface area contributed by atoms with Gasteiger partial charge in [-0.05, 0) is 86.4 Å². The van der Waals surface area contributed by atoms with E-state index in [9.17, 15) is 9.90 Å². The molecule has 13 nitrogen and oxygen atoms in total. The second-order valence-electron chi connectivity index (χ2n) is 10.7. The first-order valence-corrected chi connectivity index (χ1v) is 17.6. The van der Waals surface area contributed by atoms with Crippen molar-refractivity contribution >= 4 is 32.6 Å². The van der Waals surface area contributed by atoms with Crippen LogP contribution < -0.4 is 21.5 Å². The van der Waals surface area contributed by atoms with Crippen LogP contribution in [0.2, 0.25) is 0 Å². The van der Waals surface area contributed by atoms with E-state index in [2.05, 4.69) is 47.7 Å². The van der Waals surface area contributed by atoms with Crippen molar-refractivity contribution < 1.29 is 19.4 Å². The van der Waals surface area contributed by atoms with Crippen LogP contribution in [0.15, 0.2) is 70.3 Å². The molecule has 0 aromatic heterocycles. The van der Waals surface area contributed by atoms with Gasteiger partial charge in [0.05, 0.1) is 12.7 Å². The Morgan fingerprint density at radius 1 is 1.27 bits per heavy atom. The predicted octanol–water partition coefficient (Wildman–Crippen LogP) is 5.84. The number of methoxy groups -OCH3 is 1. The van der Waals surface area contributed by atoms with Gasteiger partial charge in [0, 0.05) is 56.9 Å². The number of rotatable bonds is 12. The first-order chi connectivity index (χ1) is 23.5. The number of hydrogen-bond acceptors (Lipinski definition) is 10. The Morgan fingerprint density at radius 3 is 2.41 bits per heavy atom. The molecular formula is C35H54N9O4P. The standard InChI is InChI=1S/C15H21NO3.C12H12N4O.C5H12N4.C3H9P/c1-11-9-13(3-4-14(11)18-2)15(17)16-10-12-5-7-19-8-6-12;1-8(15)16-7-11(6-14)9-2-3-10(5-13)12(17)4-9;1-3-4-9(2)5-7-8-6;1-3-4-2/h3-4,9,12H,5-8,10H2,1-2H3,(H,16,17);2-4,6-7,17H,1,14-15H2;5-6H,3-4H2,1-2H3;4H,3H2,1-2H3/b;11-6+,16-7-;7-5-,8-6?;. The molecule has 1 saturated heterocycles. The molecule has 2 aromatic carbocycles. The number of benzene rings is 2. The molecule has 0 saturated carbocycles. The minimum absolute atomic E-state index is 0.0164. The van der Waals surface area contributed by atoms with Crippen LogP contribution in [0.4, 0.5) is 0 Å². The highest BCUT2D eigenvalue weighted by atomic mass is 31.1. The number of nitriles is 1. The number of phenolic OH excluding ortho intramolecular Hbond substituents is 1. The van der Waals surface area contributed by atoms with Crippen LogP contribution in [0, 0.1) is 29.7 Å². The summed E-state index contributed by atoms with van der Waals surface area (Å²) in [6.07, 6.45) is 8.79. The largest absolute Gasteiger partial charge is 0.507 e. The number of aliphatic imine (C=N–C) groups is 1. The molecule has 7 N–H and O–H groups in total. The Morgan fingerprint density at radius 2 is 1.92 bits per heavy atom. The summed E-state index contributed by atoms with van der Waals surface area (Å²) in [5, 5.41) is 27.4. The molecule has 1 aliphatic heterocycles. The number of ether oxygens (including phenoxy) is 2. The minimum atomic E-state index is -0.107. The highest BCUT2D eigenvalue weighted by molar-refractivity contribution is 7.36. The van der Waals surface area contributed by atoms with E-state index in [0.29, 0.717) is 22.6 Å². The van der Waals surface area contributed by atoms with Crippen molar-refractivity contribution in [2.24, 2.45) is 32.7 Å². The fourth-order valence-corrected chi connectivity index (χ4v) is 4.01. The van der Waals surface area contributed by atoms with Crippen LogP contribution in [-0.2, 0) is 4.74 Å². The summed E-state index contributed by atoms with van der Waals surface area (Å²) >= 11 is 0. The van der Waals surface area contributed by atoms with Gasteiger partial charge in [-0.3, -0.25) is 4.79 Å². The first kappa shape index (κ1) is 44.2. The molecule has 1 atom stereocenters. The molecule has 1 fully saturated rings. The molecule has 49 heavy (non-hydrogen) atoms. The molecule has 1 heterocycles. The maximum atomic E-state index is 12.1. The van der Waals surface area contributed by atoms with Gasteiger partial charge in [0.2, 0.25) is 0 Å². The molecule has 1 amide bonds. The quantitative estimate of drug-likeness (QED) is 0.0597. The molecule has 0 bridgehead atoms. The summed E-state index contributed by atoms with van der Waals surface area (Å²) < 4.78 is 10.5. The predicted molar refractivity (Wildman–Crippen MR) is 202 cm³/mol. The summed E-state index contributed by atoms with van der Waals surface area (Å²) in [6.45, 7) is 15.1. The van der Waals surface area contributed by atoms with Gasteiger partial charge in [-0.15, -0.1) is 13.7 Å². The molecule has 0 aliphatic carbocycles. The number of nitrogens with zero attached hydrogens (tertiary/aromatic N) is 5. The van der Waals surface area contributed by atoms with Gasteiger partial charge in [-0.1, -0.05) is 31.7 Å². The van der Waals surface area contributed by atoms with E-state index in [-0.39, 0.29) is 23.0 Å². The van der Waals surface area contributed by atoms with Crippen LogP contribution in [0.3, 0.4) is 0 Å². The van der Waals surface area contributed by atoms with Crippen LogP contribution >= 0.6 is 8.58 Å².